The molecule has 1 unspecified atom stereocenters. The topological polar surface area (TPSA) is 70.2 Å². The lowest BCUT2D eigenvalue weighted by Gasteiger charge is -2.13. The Balaban J connectivity index is 1.74. The number of amides is 3. The Labute approximate surface area is 146 Å². The number of carbonyl (C=O) groups excluding carboxylic acids is 2. The fourth-order valence-electron chi connectivity index (χ4n) is 2.27. The number of rotatable bonds is 7. The van der Waals surface area contributed by atoms with Gasteiger partial charge in [-0.25, -0.2) is 4.79 Å². The molecule has 0 spiro atoms. The molecule has 1 heterocycles. The van der Waals surface area contributed by atoms with Gasteiger partial charge in [-0.05, 0) is 41.5 Å². The molecule has 24 heavy (non-hydrogen) atoms. The van der Waals surface area contributed by atoms with E-state index < -0.39 is 0 Å². The van der Waals surface area contributed by atoms with Gasteiger partial charge in [-0.1, -0.05) is 25.1 Å². The number of likely N-dealkylation sites (N-methyl/N-ethyl adjacent to an activating group) is 1. The minimum Gasteiger partial charge on any atom is -0.359 e. The summed E-state index contributed by atoms with van der Waals surface area (Å²) in [6.45, 7) is 2.74. The number of hydrogen-bond donors (Lipinski definition) is 3. The van der Waals surface area contributed by atoms with Gasteiger partial charge in [-0.15, -0.1) is 11.3 Å². The molecule has 0 bridgehead atoms. The van der Waals surface area contributed by atoms with Crippen LogP contribution >= 0.6 is 11.3 Å². The maximum Gasteiger partial charge on any atom is 0.319 e. The van der Waals surface area contributed by atoms with Gasteiger partial charge in [0.05, 0.1) is 6.42 Å². The first kappa shape index (κ1) is 18.0. The maximum absolute atomic E-state index is 11.9. The summed E-state index contributed by atoms with van der Waals surface area (Å²) in [5, 5.41) is 10.3. The number of benzene rings is 1. The van der Waals surface area contributed by atoms with Crippen LogP contribution in [0.3, 0.4) is 0 Å². The van der Waals surface area contributed by atoms with E-state index in [1.807, 2.05) is 18.2 Å². The number of thiophene rings is 1. The Morgan fingerprint density at radius 3 is 2.54 bits per heavy atom. The number of carbonyl (C=O) groups is 2. The second kappa shape index (κ2) is 9.08. The SMILES string of the molecule is CNC(=O)Cc1ccc(NC(=O)NCC(C)Cc2cccs2)cc1. The van der Waals surface area contributed by atoms with Gasteiger partial charge < -0.3 is 16.0 Å². The molecule has 3 amide bonds. The Morgan fingerprint density at radius 1 is 1.17 bits per heavy atom. The lowest BCUT2D eigenvalue weighted by atomic mass is 10.1. The zero-order valence-electron chi connectivity index (χ0n) is 14.0. The van der Waals surface area contributed by atoms with Gasteiger partial charge in [-0.3, -0.25) is 4.79 Å². The maximum atomic E-state index is 11.9. The zero-order chi connectivity index (χ0) is 17.4. The molecule has 2 aromatic rings. The van der Waals surface area contributed by atoms with Crippen molar-refractivity contribution in [3.63, 3.8) is 0 Å². The molecule has 3 N–H and O–H groups in total. The molecule has 0 radical (unpaired) electrons. The van der Waals surface area contributed by atoms with Gasteiger partial charge in [0.2, 0.25) is 5.91 Å². The van der Waals surface area contributed by atoms with Gasteiger partial charge in [0, 0.05) is 24.2 Å². The van der Waals surface area contributed by atoms with Gasteiger partial charge in [0.1, 0.15) is 0 Å². The summed E-state index contributed by atoms with van der Waals surface area (Å²) in [4.78, 5) is 24.6. The number of nitrogens with one attached hydrogen (secondary N) is 3. The highest BCUT2D eigenvalue weighted by molar-refractivity contribution is 7.09. The minimum atomic E-state index is -0.216. The zero-order valence-corrected chi connectivity index (χ0v) is 14.8. The molecule has 0 aliphatic carbocycles. The average Bonchev–Trinajstić information content (AvgIpc) is 3.07. The molecular formula is C18H23N3O2S. The van der Waals surface area contributed by atoms with E-state index in [2.05, 4.69) is 34.3 Å². The van der Waals surface area contributed by atoms with Crippen molar-refractivity contribution in [2.24, 2.45) is 5.92 Å². The molecule has 1 aromatic heterocycles. The molecule has 6 heteroatoms. The highest BCUT2D eigenvalue weighted by atomic mass is 32.1. The molecule has 0 saturated heterocycles. The molecule has 0 aliphatic rings. The summed E-state index contributed by atoms with van der Waals surface area (Å²) in [6.07, 6.45) is 1.30. The van der Waals surface area contributed by atoms with Crippen LogP contribution in [0, 0.1) is 5.92 Å². The van der Waals surface area contributed by atoms with E-state index in [1.165, 1.54) is 4.88 Å². The summed E-state index contributed by atoms with van der Waals surface area (Å²) >= 11 is 1.74. The van der Waals surface area contributed by atoms with Gasteiger partial charge >= 0.3 is 6.03 Å². The van der Waals surface area contributed by atoms with Crippen molar-refractivity contribution < 1.29 is 9.59 Å². The van der Waals surface area contributed by atoms with Crippen LogP contribution < -0.4 is 16.0 Å². The highest BCUT2D eigenvalue weighted by Gasteiger charge is 2.08. The molecule has 0 aliphatic heterocycles. The van der Waals surface area contributed by atoms with Crippen molar-refractivity contribution in [3.05, 3.63) is 52.2 Å². The number of anilines is 1. The Bertz CT molecular complexity index is 653. The fraction of sp³-hybridized carbons (Fsp3) is 0.333. The third kappa shape index (κ3) is 6.04. The third-order valence-electron chi connectivity index (χ3n) is 3.60. The second-order valence-electron chi connectivity index (χ2n) is 5.77. The molecule has 1 atom stereocenters. The first-order valence-electron chi connectivity index (χ1n) is 7.93. The Hall–Kier alpha value is -2.34. The lowest BCUT2D eigenvalue weighted by molar-refractivity contribution is -0.119. The molecule has 2 rings (SSSR count). The average molecular weight is 345 g/mol. The monoisotopic (exact) mass is 345 g/mol. The quantitative estimate of drug-likeness (QED) is 0.722. The summed E-state index contributed by atoms with van der Waals surface area (Å²) in [7, 11) is 1.61. The van der Waals surface area contributed by atoms with Crippen molar-refractivity contribution in [2.45, 2.75) is 19.8 Å². The van der Waals surface area contributed by atoms with Crippen LogP contribution in [-0.4, -0.2) is 25.5 Å². The second-order valence-corrected chi connectivity index (χ2v) is 6.80. The van der Waals surface area contributed by atoms with Crippen LogP contribution in [-0.2, 0) is 17.6 Å². The van der Waals surface area contributed by atoms with E-state index in [1.54, 1.807) is 30.5 Å². The smallest absolute Gasteiger partial charge is 0.319 e. The van der Waals surface area contributed by atoms with Gasteiger partial charge in [0.15, 0.2) is 0 Å². The van der Waals surface area contributed by atoms with Gasteiger partial charge in [-0.2, -0.15) is 0 Å². The number of hydrogen-bond acceptors (Lipinski definition) is 3. The first-order chi connectivity index (χ1) is 11.6. The van der Waals surface area contributed by atoms with Crippen LogP contribution in [0.15, 0.2) is 41.8 Å². The van der Waals surface area contributed by atoms with Crippen LogP contribution in [0.4, 0.5) is 10.5 Å². The summed E-state index contributed by atoms with van der Waals surface area (Å²) in [5.74, 6) is 0.345. The predicted octanol–water partition coefficient (Wildman–Crippen LogP) is 3.04. The van der Waals surface area contributed by atoms with E-state index in [4.69, 9.17) is 0 Å². The fourth-order valence-corrected chi connectivity index (χ4v) is 3.14. The summed E-state index contributed by atoms with van der Waals surface area (Å²) in [6, 6.07) is 11.2. The Morgan fingerprint density at radius 2 is 1.92 bits per heavy atom. The number of urea groups is 1. The van der Waals surface area contributed by atoms with E-state index in [-0.39, 0.29) is 11.9 Å². The normalized spacial score (nSPS) is 11.6. The first-order valence-corrected chi connectivity index (χ1v) is 8.81. The van der Waals surface area contributed by atoms with Crippen molar-refractivity contribution in [2.75, 3.05) is 18.9 Å². The van der Waals surface area contributed by atoms with Crippen LogP contribution in [0.25, 0.3) is 0 Å². The van der Waals surface area contributed by atoms with Crippen molar-refractivity contribution in [3.8, 4) is 0 Å². The van der Waals surface area contributed by atoms with Crippen LogP contribution in [0.5, 0.6) is 0 Å². The molecule has 128 valence electrons. The Kier molecular flexibility index (Phi) is 6.81. The highest BCUT2D eigenvalue weighted by Crippen LogP contribution is 2.14. The van der Waals surface area contributed by atoms with Crippen molar-refractivity contribution in [1.29, 1.82) is 0 Å². The molecule has 0 fully saturated rings. The predicted molar refractivity (Wildman–Crippen MR) is 98.4 cm³/mol. The van der Waals surface area contributed by atoms with E-state index in [0.717, 1.165) is 12.0 Å². The minimum absolute atomic E-state index is 0.0341. The van der Waals surface area contributed by atoms with Crippen LogP contribution in [0.2, 0.25) is 0 Å². The summed E-state index contributed by atoms with van der Waals surface area (Å²) in [5.41, 5.74) is 1.61. The third-order valence-corrected chi connectivity index (χ3v) is 4.49. The van der Waals surface area contributed by atoms with Gasteiger partial charge in [0.25, 0.3) is 0 Å². The lowest BCUT2D eigenvalue weighted by Crippen LogP contribution is -2.32. The molecule has 0 saturated carbocycles. The van der Waals surface area contributed by atoms with E-state index in [9.17, 15) is 9.59 Å². The largest absolute Gasteiger partial charge is 0.359 e. The van der Waals surface area contributed by atoms with Crippen molar-refractivity contribution in [1.82, 2.24) is 10.6 Å². The van der Waals surface area contributed by atoms with Crippen molar-refractivity contribution >= 4 is 29.0 Å². The molecular weight excluding hydrogens is 322 g/mol. The van der Waals surface area contributed by atoms with E-state index in [0.29, 0.717) is 24.6 Å². The van der Waals surface area contributed by atoms with Crippen LogP contribution in [0.1, 0.15) is 17.4 Å². The molecule has 5 nitrogen and oxygen atoms in total. The van der Waals surface area contributed by atoms with E-state index >= 15 is 0 Å². The molecule has 1 aromatic carbocycles. The standard InChI is InChI=1S/C18H23N3O2S/c1-13(10-16-4-3-9-24-16)12-20-18(23)21-15-7-5-14(6-8-15)11-17(22)19-2/h3-9,13H,10-12H2,1-2H3,(H,19,22)(H2,20,21,23). The summed E-state index contributed by atoms with van der Waals surface area (Å²) < 4.78 is 0.